The molecule has 0 unspecified atom stereocenters. The third kappa shape index (κ3) is 2.31. The van der Waals surface area contributed by atoms with E-state index in [1.54, 1.807) is 0 Å². The highest BCUT2D eigenvalue weighted by atomic mass is 35.5. The molecule has 0 N–H and O–H groups in total. The van der Waals surface area contributed by atoms with Crippen LogP contribution in [0, 0.1) is 17.0 Å². The van der Waals surface area contributed by atoms with Crippen LogP contribution in [0.3, 0.4) is 0 Å². The van der Waals surface area contributed by atoms with Gasteiger partial charge >= 0.3 is 6.21 Å². The molecule has 0 heterocycles. The molecule has 0 spiro atoms. The summed E-state index contributed by atoms with van der Waals surface area (Å²) in [4.78, 5) is 24.0. The first kappa shape index (κ1) is 12.0. The Kier molecular flexibility index (Phi) is 3.50. The monoisotopic (exact) mass is 239 g/mol. The number of nitro benzene ring substituents is 1. The molecule has 16 heavy (non-hydrogen) atoms. The lowest BCUT2D eigenvalue weighted by atomic mass is 10.0. The van der Waals surface area contributed by atoms with Crippen molar-refractivity contribution in [1.82, 2.24) is 0 Å². The lowest BCUT2D eigenvalue weighted by Crippen LogP contribution is -2.06. The van der Waals surface area contributed by atoms with E-state index in [-0.39, 0.29) is 21.8 Å². The predicted molar refractivity (Wildman–Crippen MR) is 56.9 cm³/mol. The molecule has 0 atom stereocenters. The van der Waals surface area contributed by atoms with E-state index in [1.165, 1.54) is 13.0 Å². The van der Waals surface area contributed by atoms with Crippen LogP contribution in [0.1, 0.15) is 15.9 Å². The number of benzene rings is 1. The number of rotatable bonds is 3. The summed E-state index contributed by atoms with van der Waals surface area (Å²) in [5, 5.41) is 10.7. The Morgan fingerprint density at radius 3 is 2.75 bits per heavy atom. The topological polar surface area (TPSA) is 96.6 Å². The molecule has 0 amide bonds. The Labute approximate surface area is 95.2 Å². The van der Waals surface area contributed by atoms with Crippen LogP contribution >= 0.6 is 11.6 Å². The summed E-state index contributed by atoms with van der Waals surface area (Å²) < 4.78 is 0. The van der Waals surface area contributed by atoms with Gasteiger partial charge in [-0.3, -0.25) is 14.9 Å². The van der Waals surface area contributed by atoms with Gasteiger partial charge in [-0.25, -0.2) is 0 Å². The van der Waals surface area contributed by atoms with Crippen molar-refractivity contribution in [3.63, 3.8) is 0 Å². The fraction of sp³-hybridized carbons (Fsp3) is 0.111. The van der Waals surface area contributed by atoms with Crippen molar-refractivity contribution in [3.05, 3.63) is 43.9 Å². The second-order valence-electron chi connectivity index (χ2n) is 2.96. The van der Waals surface area contributed by atoms with Crippen molar-refractivity contribution in [2.45, 2.75) is 6.92 Å². The molecule has 0 fully saturated rings. The smallest absolute Gasteiger partial charge is 0.328 e. The maximum atomic E-state index is 11.4. The molecule has 6 nitrogen and oxygen atoms in total. The molecular formula is C9H6ClN3O3. The van der Waals surface area contributed by atoms with E-state index >= 15 is 0 Å². The Bertz CT molecular complexity index is 521. The molecule has 0 bridgehead atoms. The first-order chi connectivity index (χ1) is 7.47. The number of hydrogen-bond donors (Lipinski definition) is 0. The summed E-state index contributed by atoms with van der Waals surface area (Å²) in [7, 11) is 0. The highest BCUT2D eigenvalue weighted by Gasteiger charge is 2.20. The SMILES string of the molecule is Cc1c(C(=O)C=[N+]=[N-])cc(Cl)cc1[N+](=O)[O-]. The minimum absolute atomic E-state index is 0.0389. The van der Waals surface area contributed by atoms with Crippen molar-refractivity contribution < 1.29 is 14.5 Å². The lowest BCUT2D eigenvalue weighted by Gasteiger charge is -2.02. The van der Waals surface area contributed by atoms with Gasteiger partial charge in [-0.05, 0) is 13.0 Å². The van der Waals surface area contributed by atoms with Gasteiger partial charge in [0.05, 0.1) is 4.92 Å². The Hall–Kier alpha value is -2.04. The number of carbonyl (C=O) groups is 1. The summed E-state index contributed by atoms with van der Waals surface area (Å²) in [6.07, 6.45) is 0.655. The van der Waals surface area contributed by atoms with Gasteiger partial charge in [-0.1, -0.05) is 11.6 Å². The summed E-state index contributed by atoms with van der Waals surface area (Å²) in [5.41, 5.74) is 8.19. The molecule has 0 saturated carbocycles. The number of nitro groups is 1. The standard InChI is InChI=1S/C9H6ClN3O3/c1-5-7(9(14)4-12-11)2-6(10)3-8(5)13(15)16/h2-4H,1H3. The zero-order chi connectivity index (χ0) is 12.3. The van der Waals surface area contributed by atoms with E-state index in [2.05, 4.69) is 4.79 Å². The van der Waals surface area contributed by atoms with Crippen LogP contribution in [0.15, 0.2) is 12.1 Å². The number of halogens is 1. The first-order valence-corrected chi connectivity index (χ1v) is 4.51. The fourth-order valence-corrected chi connectivity index (χ4v) is 1.44. The highest BCUT2D eigenvalue weighted by molar-refractivity contribution is 6.36. The number of ketones is 1. The van der Waals surface area contributed by atoms with E-state index < -0.39 is 10.7 Å². The number of hydrogen-bond acceptors (Lipinski definition) is 3. The summed E-state index contributed by atoms with van der Waals surface area (Å²) in [5.74, 6) is -0.648. The van der Waals surface area contributed by atoms with Crippen molar-refractivity contribution in [2.24, 2.45) is 0 Å². The van der Waals surface area contributed by atoms with Gasteiger partial charge in [0.2, 0.25) is 0 Å². The number of nitrogens with zero attached hydrogens (tertiary/aromatic N) is 3. The van der Waals surface area contributed by atoms with Crippen LogP contribution < -0.4 is 0 Å². The van der Waals surface area contributed by atoms with Gasteiger partial charge in [-0.15, -0.1) is 0 Å². The molecule has 0 aliphatic heterocycles. The highest BCUT2D eigenvalue weighted by Crippen LogP contribution is 2.26. The van der Waals surface area contributed by atoms with Gasteiger partial charge < -0.3 is 5.53 Å². The maximum Gasteiger partial charge on any atom is 0.328 e. The van der Waals surface area contributed by atoms with Crippen LogP contribution in [0.25, 0.3) is 5.53 Å². The zero-order valence-corrected chi connectivity index (χ0v) is 8.93. The van der Waals surface area contributed by atoms with E-state index in [0.717, 1.165) is 6.07 Å². The van der Waals surface area contributed by atoms with Crippen LogP contribution in [-0.2, 0) is 0 Å². The largest absolute Gasteiger partial charge is 0.361 e. The van der Waals surface area contributed by atoms with Gasteiger partial charge in [0, 0.05) is 22.2 Å². The van der Waals surface area contributed by atoms with Crippen LogP contribution in [0.2, 0.25) is 5.02 Å². The van der Waals surface area contributed by atoms with E-state index in [4.69, 9.17) is 17.1 Å². The Morgan fingerprint density at radius 1 is 1.62 bits per heavy atom. The molecule has 1 aromatic rings. The minimum atomic E-state index is -0.648. The van der Waals surface area contributed by atoms with Crippen molar-refractivity contribution in [1.29, 1.82) is 0 Å². The quantitative estimate of drug-likeness (QED) is 0.202. The molecular weight excluding hydrogens is 234 g/mol. The molecule has 1 rings (SSSR count). The van der Waals surface area contributed by atoms with Gasteiger partial charge in [-0.2, -0.15) is 4.79 Å². The molecule has 0 aliphatic rings. The van der Waals surface area contributed by atoms with E-state index in [9.17, 15) is 14.9 Å². The Balaban J connectivity index is 3.46. The second-order valence-corrected chi connectivity index (χ2v) is 3.40. The Morgan fingerprint density at radius 2 is 2.25 bits per heavy atom. The van der Waals surface area contributed by atoms with Crippen LogP contribution in [0.5, 0.6) is 0 Å². The van der Waals surface area contributed by atoms with Crippen molar-refractivity contribution >= 4 is 29.3 Å². The fourth-order valence-electron chi connectivity index (χ4n) is 1.23. The molecule has 1 aromatic carbocycles. The maximum absolute atomic E-state index is 11.4. The third-order valence-electron chi connectivity index (χ3n) is 1.98. The zero-order valence-electron chi connectivity index (χ0n) is 8.18. The van der Waals surface area contributed by atoms with Gasteiger partial charge in [0.1, 0.15) is 0 Å². The summed E-state index contributed by atoms with van der Waals surface area (Å²) in [6, 6.07) is 2.44. The third-order valence-corrected chi connectivity index (χ3v) is 2.20. The molecule has 0 aromatic heterocycles. The average Bonchev–Trinajstić information content (AvgIpc) is 2.20. The van der Waals surface area contributed by atoms with Crippen molar-refractivity contribution in [2.75, 3.05) is 0 Å². The predicted octanol–water partition coefficient (Wildman–Crippen LogP) is 2.04. The average molecular weight is 240 g/mol. The molecule has 7 heteroatoms. The van der Waals surface area contributed by atoms with Crippen LogP contribution in [0.4, 0.5) is 5.69 Å². The molecule has 82 valence electrons. The van der Waals surface area contributed by atoms with Crippen LogP contribution in [-0.4, -0.2) is 21.7 Å². The van der Waals surface area contributed by atoms with E-state index in [1.807, 2.05) is 0 Å². The summed E-state index contributed by atoms with van der Waals surface area (Å²) in [6.45, 7) is 1.42. The second kappa shape index (κ2) is 4.65. The van der Waals surface area contributed by atoms with Crippen molar-refractivity contribution in [3.8, 4) is 0 Å². The van der Waals surface area contributed by atoms with Gasteiger partial charge in [0.15, 0.2) is 0 Å². The lowest BCUT2D eigenvalue weighted by molar-refractivity contribution is -0.385. The normalized spacial score (nSPS) is 9.38. The number of Topliss-reactive ketones (excluding diaryl/α,β-unsaturated/α-hetero) is 1. The summed E-state index contributed by atoms with van der Waals surface area (Å²) >= 11 is 5.65. The van der Waals surface area contributed by atoms with E-state index in [0.29, 0.717) is 6.21 Å². The minimum Gasteiger partial charge on any atom is -0.361 e. The van der Waals surface area contributed by atoms with Gasteiger partial charge in [0.25, 0.3) is 11.5 Å². The number of carbonyl (C=O) groups excluding carboxylic acids is 1. The molecule has 0 radical (unpaired) electrons. The molecule has 0 saturated heterocycles. The first-order valence-electron chi connectivity index (χ1n) is 4.13. The molecule has 0 aliphatic carbocycles.